The van der Waals surface area contributed by atoms with Gasteiger partial charge in [0.2, 0.25) is 0 Å². The summed E-state index contributed by atoms with van der Waals surface area (Å²) in [6.45, 7) is 7.13. The van der Waals surface area contributed by atoms with Gasteiger partial charge in [-0.2, -0.15) is 0 Å². The van der Waals surface area contributed by atoms with Crippen LogP contribution in [0.5, 0.6) is 0 Å². The van der Waals surface area contributed by atoms with E-state index in [9.17, 15) is 0 Å². The Kier molecular flexibility index (Phi) is 4.23. The first-order valence-electron chi connectivity index (χ1n) is 6.86. The van der Waals surface area contributed by atoms with Crippen LogP contribution in [0.1, 0.15) is 36.5 Å². The molecule has 0 bridgehead atoms. The Hall–Kier alpha value is -2.10. The zero-order valence-electron chi connectivity index (χ0n) is 12.6. The second-order valence-electron chi connectivity index (χ2n) is 5.50. The lowest BCUT2D eigenvalue weighted by Crippen LogP contribution is -2.21. The molecule has 2 aromatic rings. The van der Waals surface area contributed by atoms with Crippen LogP contribution < -0.4 is 10.6 Å². The van der Waals surface area contributed by atoms with Crippen molar-refractivity contribution in [3.63, 3.8) is 0 Å². The zero-order valence-corrected chi connectivity index (χ0v) is 12.6. The Labute approximate surface area is 120 Å². The SMILES string of the molecule is Cc1cccc(CN(C)c2ncnc(N)c2C(C)C)c1. The van der Waals surface area contributed by atoms with Gasteiger partial charge in [0.25, 0.3) is 0 Å². The van der Waals surface area contributed by atoms with Crippen LogP contribution in [-0.2, 0) is 6.54 Å². The minimum Gasteiger partial charge on any atom is -0.383 e. The highest BCUT2D eigenvalue weighted by atomic mass is 15.2. The molecule has 4 nitrogen and oxygen atoms in total. The molecule has 2 rings (SSSR count). The maximum atomic E-state index is 6.00. The average molecular weight is 270 g/mol. The Bertz CT molecular complexity index is 593. The van der Waals surface area contributed by atoms with E-state index >= 15 is 0 Å². The summed E-state index contributed by atoms with van der Waals surface area (Å²) in [4.78, 5) is 10.6. The fourth-order valence-electron chi connectivity index (χ4n) is 2.42. The topological polar surface area (TPSA) is 55.0 Å². The summed E-state index contributed by atoms with van der Waals surface area (Å²) in [5.41, 5.74) is 9.55. The molecule has 1 aromatic carbocycles. The molecule has 0 saturated heterocycles. The molecule has 0 aliphatic rings. The van der Waals surface area contributed by atoms with E-state index in [-0.39, 0.29) is 0 Å². The van der Waals surface area contributed by atoms with E-state index < -0.39 is 0 Å². The highest BCUT2D eigenvalue weighted by Gasteiger charge is 2.16. The van der Waals surface area contributed by atoms with Gasteiger partial charge >= 0.3 is 0 Å². The second-order valence-corrected chi connectivity index (χ2v) is 5.50. The Morgan fingerprint density at radius 2 is 2.00 bits per heavy atom. The molecule has 0 unspecified atom stereocenters. The number of nitrogen functional groups attached to an aromatic ring is 1. The van der Waals surface area contributed by atoms with Gasteiger partial charge in [0.15, 0.2) is 0 Å². The minimum absolute atomic E-state index is 0.297. The van der Waals surface area contributed by atoms with Gasteiger partial charge < -0.3 is 10.6 Å². The lowest BCUT2D eigenvalue weighted by atomic mass is 10.0. The summed E-state index contributed by atoms with van der Waals surface area (Å²) in [5.74, 6) is 1.78. The van der Waals surface area contributed by atoms with Gasteiger partial charge in [-0.3, -0.25) is 0 Å². The van der Waals surface area contributed by atoms with Crippen molar-refractivity contribution in [3.05, 3.63) is 47.3 Å². The molecule has 4 heteroatoms. The van der Waals surface area contributed by atoms with Crippen molar-refractivity contribution in [1.29, 1.82) is 0 Å². The predicted octanol–water partition coefficient (Wildman–Crippen LogP) is 3.13. The van der Waals surface area contributed by atoms with Crippen molar-refractivity contribution >= 4 is 11.6 Å². The van der Waals surface area contributed by atoms with Crippen LogP contribution in [0.2, 0.25) is 0 Å². The molecule has 0 fully saturated rings. The summed E-state index contributed by atoms with van der Waals surface area (Å²) in [6, 6.07) is 8.50. The normalized spacial score (nSPS) is 10.8. The largest absolute Gasteiger partial charge is 0.383 e. The van der Waals surface area contributed by atoms with Crippen LogP contribution in [0.4, 0.5) is 11.6 Å². The van der Waals surface area contributed by atoms with Gasteiger partial charge in [0.1, 0.15) is 18.0 Å². The fourth-order valence-corrected chi connectivity index (χ4v) is 2.42. The van der Waals surface area contributed by atoms with E-state index in [1.807, 2.05) is 7.05 Å². The van der Waals surface area contributed by atoms with E-state index in [0.717, 1.165) is 17.9 Å². The minimum atomic E-state index is 0.297. The first kappa shape index (κ1) is 14.3. The average Bonchev–Trinajstić information content (AvgIpc) is 2.37. The number of aromatic nitrogens is 2. The van der Waals surface area contributed by atoms with E-state index in [1.165, 1.54) is 17.5 Å². The number of nitrogens with zero attached hydrogens (tertiary/aromatic N) is 3. The molecule has 1 heterocycles. The molecule has 0 atom stereocenters. The number of hydrogen-bond acceptors (Lipinski definition) is 4. The molecule has 0 radical (unpaired) electrons. The molecule has 2 N–H and O–H groups in total. The summed E-state index contributed by atoms with van der Waals surface area (Å²) in [7, 11) is 2.04. The van der Waals surface area contributed by atoms with Gasteiger partial charge in [-0.1, -0.05) is 43.7 Å². The van der Waals surface area contributed by atoms with Gasteiger partial charge in [-0.05, 0) is 18.4 Å². The maximum Gasteiger partial charge on any atom is 0.137 e. The molecule has 106 valence electrons. The number of benzene rings is 1. The third kappa shape index (κ3) is 3.07. The number of rotatable bonds is 4. The highest BCUT2D eigenvalue weighted by molar-refractivity contribution is 5.58. The van der Waals surface area contributed by atoms with Gasteiger partial charge in [0, 0.05) is 19.2 Å². The van der Waals surface area contributed by atoms with Crippen molar-refractivity contribution in [2.45, 2.75) is 33.2 Å². The van der Waals surface area contributed by atoms with Crippen LogP contribution in [0, 0.1) is 6.92 Å². The Morgan fingerprint density at radius 1 is 1.25 bits per heavy atom. The molecular weight excluding hydrogens is 248 g/mol. The first-order chi connectivity index (χ1) is 9.49. The standard InChI is InChI=1S/C16H22N4/c1-11(2)14-15(17)18-10-19-16(14)20(4)9-13-7-5-6-12(3)8-13/h5-8,10-11H,9H2,1-4H3,(H2,17,18,19). The Balaban J connectivity index is 2.30. The fraction of sp³-hybridized carbons (Fsp3) is 0.375. The number of nitrogens with two attached hydrogens (primary N) is 1. The third-order valence-corrected chi connectivity index (χ3v) is 3.33. The molecule has 0 aliphatic carbocycles. The summed E-state index contributed by atoms with van der Waals surface area (Å²) < 4.78 is 0. The Morgan fingerprint density at radius 3 is 2.65 bits per heavy atom. The summed E-state index contributed by atoms with van der Waals surface area (Å²) in [6.07, 6.45) is 1.53. The van der Waals surface area contributed by atoms with Crippen LogP contribution in [-0.4, -0.2) is 17.0 Å². The lowest BCUT2D eigenvalue weighted by molar-refractivity contribution is 0.812. The van der Waals surface area contributed by atoms with E-state index in [0.29, 0.717) is 11.7 Å². The predicted molar refractivity (Wildman–Crippen MR) is 83.8 cm³/mol. The number of hydrogen-bond donors (Lipinski definition) is 1. The summed E-state index contributed by atoms with van der Waals surface area (Å²) >= 11 is 0. The van der Waals surface area contributed by atoms with Crippen LogP contribution in [0.15, 0.2) is 30.6 Å². The highest BCUT2D eigenvalue weighted by Crippen LogP contribution is 2.29. The third-order valence-electron chi connectivity index (χ3n) is 3.33. The molecule has 0 amide bonds. The number of anilines is 2. The van der Waals surface area contributed by atoms with Gasteiger partial charge in [0.05, 0.1) is 0 Å². The first-order valence-corrected chi connectivity index (χ1v) is 6.86. The molecule has 1 aromatic heterocycles. The van der Waals surface area contributed by atoms with Gasteiger partial charge in [-0.25, -0.2) is 9.97 Å². The smallest absolute Gasteiger partial charge is 0.137 e. The molecule has 20 heavy (non-hydrogen) atoms. The van der Waals surface area contributed by atoms with Gasteiger partial charge in [-0.15, -0.1) is 0 Å². The lowest BCUT2D eigenvalue weighted by Gasteiger charge is -2.23. The van der Waals surface area contributed by atoms with Crippen molar-refractivity contribution in [3.8, 4) is 0 Å². The van der Waals surface area contributed by atoms with Crippen LogP contribution >= 0.6 is 0 Å². The van der Waals surface area contributed by atoms with Crippen molar-refractivity contribution < 1.29 is 0 Å². The van der Waals surface area contributed by atoms with Crippen LogP contribution in [0.3, 0.4) is 0 Å². The second kappa shape index (κ2) is 5.90. The van der Waals surface area contributed by atoms with E-state index in [4.69, 9.17) is 5.73 Å². The van der Waals surface area contributed by atoms with Crippen molar-refractivity contribution in [1.82, 2.24) is 9.97 Å². The number of aryl methyl sites for hydroxylation is 1. The van der Waals surface area contributed by atoms with Crippen molar-refractivity contribution in [2.75, 3.05) is 17.7 Å². The molecule has 0 saturated carbocycles. The molecule has 0 aliphatic heterocycles. The van der Waals surface area contributed by atoms with Crippen LogP contribution in [0.25, 0.3) is 0 Å². The molecular formula is C16H22N4. The quantitative estimate of drug-likeness (QED) is 0.927. The molecule has 0 spiro atoms. The van der Waals surface area contributed by atoms with E-state index in [2.05, 4.69) is 59.9 Å². The van der Waals surface area contributed by atoms with E-state index in [1.54, 1.807) is 0 Å². The monoisotopic (exact) mass is 270 g/mol. The summed E-state index contributed by atoms with van der Waals surface area (Å²) in [5, 5.41) is 0. The zero-order chi connectivity index (χ0) is 14.7. The maximum absolute atomic E-state index is 6.00. The van der Waals surface area contributed by atoms with Crippen molar-refractivity contribution in [2.24, 2.45) is 0 Å².